The average molecular weight is 392 g/mol. The number of hydrogen-bond donors (Lipinski definition) is 2. The minimum Gasteiger partial charge on any atom is -0.471 e. The number of carbonyl (C=O) groups is 2. The van der Waals surface area contributed by atoms with Gasteiger partial charge < -0.3 is 15.4 Å². The second-order valence-corrected chi connectivity index (χ2v) is 6.95. The molecular weight excluding hydrogens is 368 g/mol. The Morgan fingerprint density at radius 2 is 1.59 bits per heavy atom. The minimum absolute atomic E-state index is 0.148. The van der Waals surface area contributed by atoms with E-state index in [0.29, 0.717) is 17.3 Å². The Morgan fingerprint density at radius 3 is 2.17 bits per heavy atom. The highest BCUT2D eigenvalue weighted by Crippen LogP contribution is 2.19. The first-order valence-corrected chi connectivity index (χ1v) is 9.36. The van der Waals surface area contributed by atoms with Crippen molar-refractivity contribution in [3.63, 3.8) is 0 Å². The highest BCUT2D eigenvalue weighted by molar-refractivity contribution is 6.03. The van der Waals surface area contributed by atoms with Crippen molar-refractivity contribution >= 4 is 23.2 Å². The molecule has 29 heavy (non-hydrogen) atoms. The van der Waals surface area contributed by atoms with Crippen molar-refractivity contribution in [3.8, 4) is 5.75 Å². The molecule has 150 valence electrons. The van der Waals surface area contributed by atoms with E-state index in [1.807, 2.05) is 24.3 Å². The van der Waals surface area contributed by atoms with Crippen molar-refractivity contribution in [2.24, 2.45) is 0 Å². The molecule has 2 N–H and O–H groups in total. The Balaban J connectivity index is 1.54. The van der Waals surface area contributed by atoms with Crippen LogP contribution in [0.2, 0.25) is 0 Å². The molecule has 0 atom stereocenters. The SMILES string of the molecule is CC(=O)Nc1ccc(NC(=O)c2ccn(COc3ccc(C(C)C)cc3)n2)cc1. The van der Waals surface area contributed by atoms with Crippen molar-refractivity contribution in [1.29, 1.82) is 0 Å². The summed E-state index contributed by atoms with van der Waals surface area (Å²) < 4.78 is 7.28. The van der Waals surface area contributed by atoms with Gasteiger partial charge in [0.15, 0.2) is 12.4 Å². The van der Waals surface area contributed by atoms with Crippen LogP contribution >= 0.6 is 0 Å². The molecule has 0 saturated carbocycles. The van der Waals surface area contributed by atoms with E-state index in [1.165, 1.54) is 12.5 Å². The van der Waals surface area contributed by atoms with Crippen molar-refractivity contribution < 1.29 is 14.3 Å². The lowest BCUT2D eigenvalue weighted by atomic mass is 10.0. The standard InChI is InChI=1S/C22H24N4O3/c1-15(2)17-4-10-20(11-5-17)29-14-26-13-12-21(25-26)22(28)24-19-8-6-18(7-9-19)23-16(3)27/h4-13,15H,14H2,1-3H3,(H,23,27)(H,24,28). The molecule has 2 aromatic carbocycles. The summed E-state index contributed by atoms with van der Waals surface area (Å²) in [7, 11) is 0. The lowest BCUT2D eigenvalue weighted by Crippen LogP contribution is -2.14. The lowest BCUT2D eigenvalue weighted by Gasteiger charge is -2.09. The fraction of sp³-hybridized carbons (Fsp3) is 0.227. The van der Waals surface area contributed by atoms with Gasteiger partial charge in [0.1, 0.15) is 5.75 Å². The number of benzene rings is 2. The van der Waals surface area contributed by atoms with Crippen LogP contribution in [0.4, 0.5) is 11.4 Å². The van der Waals surface area contributed by atoms with Crippen LogP contribution in [0.3, 0.4) is 0 Å². The quantitative estimate of drug-likeness (QED) is 0.629. The van der Waals surface area contributed by atoms with Crippen LogP contribution in [0.25, 0.3) is 0 Å². The molecule has 3 aromatic rings. The summed E-state index contributed by atoms with van der Waals surface area (Å²) in [6.45, 7) is 5.93. The van der Waals surface area contributed by atoms with Crippen molar-refractivity contribution in [1.82, 2.24) is 9.78 Å². The molecule has 0 fully saturated rings. The fourth-order valence-electron chi connectivity index (χ4n) is 2.68. The molecule has 7 heteroatoms. The van der Waals surface area contributed by atoms with Crippen molar-refractivity contribution in [3.05, 3.63) is 72.1 Å². The summed E-state index contributed by atoms with van der Waals surface area (Å²) in [4.78, 5) is 23.4. The van der Waals surface area contributed by atoms with Crippen LogP contribution in [0, 0.1) is 0 Å². The first-order chi connectivity index (χ1) is 13.9. The summed E-state index contributed by atoms with van der Waals surface area (Å²) in [5.41, 5.74) is 2.81. The molecule has 0 bridgehead atoms. The summed E-state index contributed by atoms with van der Waals surface area (Å²) in [6, 6.07) is 16.4. The van der Waals surface area contributed by atoms with E-state index in [-0.39, 0.29) is 24.2 Å². The molecule has 7 nitrogen and oxygen atoms in total. The van der Waals surface area contributed by atoms with Gasteiger partial charge in [0, 0.05) is 24.5 Å². The Morgan fingerprint density at radius 1 is 0.966 bits per heavy atom. The zero-order valence-corrected chi connectivity index (χ0v) is 16.7. The Labute approximate surface area is 169 Å². The van der Waals surface area contributed by atoms with Crippen LogP contribution in [0.15, 0.2) is 60.8 Å². The molecule has 1 heterocycles. The third-order valence-electron chi connectivity index (χ3n) is 4.25. The highest BCUT2D eigenvalue weighted by Gasteiger charge is 2.10. The number of rotatable bonds is 7. The molecule has 2 amide bonds. The Kier molecular flexibility index (Phi) is 6.29. The number of aromatic nitrogens is 2. The summed E-state index contributed by atoms with van der Waals surface area (Å²) in [6.07, 6.45) is 1.69. The molecule has 0 aliphatic rings. The maximum Gasteiger partial charge on any atom is 0.276 e. The molecule has 0 spiro atoms. The lowest BCUT2D eigenvalue weighted by molar-refractivity contribution is -0.114. The van der Waals surface area contributed by atoms with E-state index >= 15 is 0 Å². The first-order valence-electron chi connectivity index (χ1n) is 9.36. The van der Waals surface area contributed by atoms with E-state index in [2.05, 4.69) is 29.6 Å². The van der Waals surface area contributed by atoms with Gasteiger partial charge in [0.25, 0.3) is 5.91 Å². The van der Waals surface area contributed by atoms with Gasteiger partial charge in [-0.05, 0) is 53.9 Å². The number of nitrogens with one attached hydrogen (secondary N) is 2. The zero-order chi connectivity index (χ0) is 20.8. The van der Waals surface area contributed by atoms with Crippen LogP contribution in [-0.4, -0.2) is 21.6 Å². The Bertz CT molecular complexity index is 976. The van der Waals surface area contributed by atoms with E-state index in [4.69, 9.17) is 4.74 Å². The second-order valence-electron chi connectivity index (χ2n) is 6.95. The maximum atomic E-state index is 12.4. The number of nitrogens with zero attached hydrogens (tertiary/aromatic N) is 2. The molecule has 0 saturated heterocycles. The summed E-state index contributed by atoms with van der Waals surface area (Å²) in [5, 5.41) is 9.70. The van der Waals surface area contributed by atoms with E-state index in [1.54, 1.807) is 41.2 Å². The van der Waals surface area contributed by atoms with Gasteiger partial charge in [-0.1, -0.05) is 26.0 Å². The topological polar surface area (TPSA) is 85.2 Å². The number of hydrogen-bond acceptors (Lipinski definition) is 4. The van der Waals surface area contributed by atoms with Crippen LogP contribution in [-0.2, 0) is 11.5 Å². The predicted octanol–water partition coefficient (Wildman–Crippen LogP) is 4.25. The number of anilines is 2. The monoisotopic (exact) mass is 392 g/mol. The van der Waals surface area contributed by atoms with Gasteiger partial charge in [0.2, 0.25) is 5.91 Å². The normalized spacial score (nSPS) is 10.6. The zero-order valence-electron chi connectivity index (χ0n) is 16.7. The minimum atomic E-state index is -0.322. The molecule has 0 aliphatic carbocycles. The second kappa shape index (κ2) is 9.05. The smallest absolute Gasteiger partial charge is 0.276 e. The number of ether oxygens (including phenoxy) is 1. The van der Waals surface area contributed by atoms with Gasteiger partial charge in [0.05, 0.1) is 0 Å². The number of amides is 2. The van der Waals surface area contributed by atoms with E-state index in [9.17, 15) is 9.59 Å². The van der Waals surface area contributed by atoms with Crippen molar-refractivity contribution in [2.75, 3.05) is 10.6 Å². The van der Waals surface area contributed by atoms with Crippen LogP contribution in [0.1, 0.15) is 42.7 Å². The summed E-state index contributed by atoms with van der Waals surface area (Å²) in [5.74, 6) is 0.746. The van der Waals surface area contributed by atoms with Gasteiger partial charge in [-0.15, -0.1) is 0 Å². The van der Waals surface area contributed by atoms with Gasteiger partial charge in [-0.25, -0.2) is 4.68 Å². The highest BCUT2D eigenvalue weighted by atomic mass is 16.5. The van der Waals surface area contributed by atoms with Crippen molar-refractivity contribution in [2.45, 2.75) is 33.4 Å². The summed E-state index contributed by atoms with van der Waals surface area (Å²) >= 11 is 0. The third-order valence-corrected chi connectivity index (χ3v) is 4.25. The number of carbonyl (C=O) groups excluding carboxylic acids is 2. The molecule has 0 unspecified atom stereocenters. The van der Waals surface area contributed by atoms with Crippen LogP contribution in [0.5, 0.6) is 5.75 Å². The molecule has 0 radical (unpaired) electrons. The Hall–Kier alpha value is -3.61. The largest absolute Gasteiger partial charge is 0.471 e. The molecule has 0 aliphatic heterocycles. The fourth-order valence-corrected chi connectivity index (χ4v) is 2.68. The molecular formula is C22H24N4O3. The predicted molar refractivity (Wildman–Crippen MR) is 112 cm³/mol. The average Bonchev–Trinajstić information content (AvgIpc) is 3.17. The van der Waals surface area contributed by atoms with Gasteiger partial charge >= 0.3 is 0 Å². The molecule has 1 aromatic heterocycles. The van der Waals surface area contributed by atoms with Crippen LogP contribution < -0.4 is 15.4 Å². The first kappa shape index (κ1) is 20.1. The third kappa shape index (κ3) is 5.68. The van der Waals surface area contributed by atoms with E-state index in [0.717, 1.165) is 5.75 Å². The van der Waals surface area contributed by atoms with Gasteiger partial charge in [-0.3, -0.25) is 9.59 Å². The molecule has 3 rings (SSSR count). The van der Waals surface area contributed by atoms with E-state index < -0.39 is 0 Å². The maximum absolute atomic E-state index is 12.4. The van der Waals surface area contributed by atoms with Gasteiger partial charge in [-0.2, -0.15) is 5.10 Å².